The summed E-state index contributed by atoms with van der Waals surface area (Å²) in [5.74, 6) is 0.763. The fraction of sp³-hybridized carbons (Fsp3) is 0.533. The molecule has 0 aliphatic heterocycles. The van der Waals surface area contributed by atoms with Gasteiger partial charge in [-0.3, -0.25) is 4.79 Å². The van der Waals surface area contributed by atoms with Crippen LogP contribution in [0, 0.1) is 5.92 Å². The highest BCUT2D eigenvalue weighted by molar-refractivity contribution is 6.32. The van der Waals surface area contributed by atoms with Crippen molar-refractivity contribution in [1.29, 1.82) is 0 Å². The van der Waals surface area contributed by atoms with E-state index in [9.17, 15) is 4.79 Å². The van der Waals surface area contributed by atoms with Crippen molar-refractivity contribution >= 4 is 23.2 Å². The number of hydrogen-bond acceptors (Lipinski definition) is 3. The molecule has 1 N–H and O–H groups in total. The van der Waals surface area contributed by atoms with Gasteiger partial charge in [-0.2, -0.15) is 0 Å². The van der Waals surface area contributed by atoms with Crippen molar-refractivity contribution in [3.05, 3.63) is 23.2 Å². The van der Waals surface area contributed by atoms with Crippen LogP contribution in [-0.4, -0.2) is 25.2 Å². The molecule has 5 heteroatoms. The minimum atomic E-state index is -0.763. The lowest BCUT2D eigenvalue weighted by Crippen LogP contribution is -2.44. The fourth-order valence-electron chi connectivity index (χ4n) is 2.30. The Labute approximate surface area is 124 Å². The van der Waals surface area contributed by atoms with Gasteiger partial charge in [-0.1, -0.05) is 11.6 Å². The SMILES string of the molecule is CCOC(C)(C(=O)Nc1ccc(OC)c(Cl)c1)C1CC1. The lowest BCUT2D eigenvalue weighted by molar-refractivity contribution is -0.141. The number of hydrogen-bond donors (Lipinski definition) is 1. The number of anilines is 1. The minimum absolute atomic E-state index is 0.122. The van der Waals surface area contributed by atoms with Gasteiger partial charge >= 0.3 is 0 Å². The second-order valence-corrected chi connectivity index (χ2v) is 5.52. The summed E-state index contributed by atoms with van der Waals surface area (Å²) in [5.41, 5.74) is -0.117. The summed E-state index contributed by atoms with van der Waals surface area (Å²) in [5, 5.41) is 3.34. The summed E-state index contributed by atoms with van der Waals surface area (Å²) < 4.78 is 10.8. The van der Waals surface area contributed by atoms with Gasteiger partial charge in [0.15, 0.2) is 0 Å². The maximum atomic E-state index is 12.5. The number of carbonyl (C=O) groups is 1. The molecule has 1 amide bonds. The van der Waals surface area contributed by atoms with Gasteiger partial charge in [-0.25, -0.2) is 0 Å². The minimum Gasteiger partial charge on any atom is -0.495 e. The van der Waals surface area contributed by atoms with E-state index in [1.54, 1.807) is 25.3 Å². The monoisotopic (exact) mass is 297 g/mol. The Bertz CT molecular complexity index is 502. The number of rotatable bonds is 6. The third-order valence-corrected chi connectivity index (χ3v) is 3.96. The third kappa shape index (κ3) is 3.07. The zero-order valence-corrected chi connectivity index (χ0v) is 12.8. The molecule has 110 valence electrons. The molecule has 4 nitrogen and oxygen atoms in total. The second kappa shape index (κ2) is 6.02. The molecule has 2 rings (SSSR count). The maximum absolute atomic E-state index is 12.5. The Morgan fingerprint density at radius 3 is 2.70 bits per heavy atom. The van der Waals surface area contributed by atoms with E-state index in [0.717, 1.165) is 12.8 Å². The zero-order chi connectivity index (χ0) is 14.8. The van der Waals surface area contributed by atoms with Crippen LogP contribution in [-0.2, 0) is 9.53 Å². The van der Waals surface area contributed by atoms with Crippen molar-refractivity contribution in [2.75, 3.05) is 19.0 Å². The number of carbonyl (C=O) groups excluding carboxylic acids is 1. The molecule has 1 aliphatic rings. The topological polar surface area (TPSA) is 47.6 Å². The Kier molecular flexibility index (Phi) is 4.55. The van der Waals surface area contributed by atoms with E-state index in [1.165, 1.54) is 0 Å². The molecule has 1 aromatic carbocycles. The Morgan fingerprint density at radius 1 is 1.50 bits per heavy atom. The van der Waals surface area contributed by atoms with Crippen LogP contribution in [0.1, 0.15) is 26.7 Å². The number of ether oxygens (including phenoxy) is 2. The summed E-state index contributed by atoms with van der Waals surface area (Å²) in [6.45, 7) is 4.27. The number of methoxy groups -OCH3 is 1. The van der Waals surface area contributed by atoms with E-state index >= 15 is 0 Å². The van der Waals surface area contributed by atoms with Gasteiger partial charge in [-0.15, -0.1) is 0 Å². The van der Waals surface area contributed by atoms with Crippen LogP contribution in [0.15, 0.2) is 18.2 Å². The Balaban J connectivity index is 2.12. The highest BCUT2D eigenvalue weighted by atomic mass is 35.5. The van der Waals surface area contributed by atoms with Crippen LogP contribution in [0.4, 0.5) is 5.69 Å². The number of amides is 1. The first-order chi connectivity index (χ1) is 9.51. The summed E-state index contributed by atoms with van der Waals surface area (Å²) in [4.78, 5) is 12.5. The lowest BCUT2D eigenvalue weighted by atomic mass is 9.99. The van der Waals surface area contributed by atoms with Crippen LogP contribution in [0.5, 0.6) is 5.75 Å². The first-order valence-corrected chi connectivity index (χ1v) is 7.18. The molecular formula is C15H20ClNO3. The average Bonchev–Trinajstić information content (AvgIpc) is 3.23. The predicted molar refractivity (Wildman–Crippen MR) is 79.4 cm³/mol. The predicted octanol–water partition coefficient (Wildman–Crippen LogP) is 3.49. The number of benzene rings is 1. The number of nitrogens with one attached hydrogen (secondary N) is 1. The van der Waals surface area contributed by atoms with Gasteiger partial charge in [0, 0.05) is 12.3 Å². The van der Waals surface area contributed by atoms with Crippen molar-refractivity contribution < 1.29 is 14.3 Å². The van der Waals surface area contributed by atoms with Crippen molar-refractivity contribution in [3.63, 3.8) is 0 Å². The molecule has 1 saturated carbocycles. The molecule has 0 radical (unpaired) electrons. The van der Waals surface area contributed by atoms with Gasteiger partial charge in [0.25, 0.3) is 5.91 Å². The fourth-order valence-corrected chi connectivity index (χ4v) is 2.56. The summed E-state index contributed by atoms with van der Waals surface area (Å²) in [6, 6.07) is 5.17. The van der Waals surface area contributed by atoms with Crippen molar-refractivity contribution in [2.24, 2.45) is 5.92 Å². The summed E-state index contributed by atoms with van der Waals surface area (Å²) in [7, 11) is 1.55. The average molecular weight is 298 g/mol. The largest absolute Gasteiger partial charge is 0.495 e. The second-order valence-electron chi connectivity index (χ2n) is 5.12. The molecule has 1 fully saturated rings. The first kappa shape index (κ1) is 15.1. The third-order valence-electron chi connectivity index (χ3n) is 3.66. The van der Waals surface area contributed by atoms with E-state index in [0.29, 0.717) is 29.0 Å². The van der Waals surface area contributed by atoms with Gasteiger partial charge < -0.3 is 14.8 Å². The normalized spacial score (nSPS) is 17.4. The van der Waals surface area contributed by atoms with E-state index in [1.807, 2.05) is 13.8 Å². The molecule has 20 heavy (non-hydrogen) atoms. The van der Waals surface area contributed by atoms with E-state index in [4.69, 9.17) is 21.1 Å². The molecule has 0 heterocycles. The van der Waals surface area contributed by atoms with Crippen LogP contribution >= 0.6 is 11.6 Å². The van der Waals surface area contributed by atoms with Gasteiger partial charge in [-0.05, 0) is 50.8 Å². The lowest BCUT2D eigenvalue weighted by Gasteiger charge is -2.28. The van der Waals surface area contributed by atoms with Gasteiger partial charge in [0.05, 0.1) is 12.1 Å². The molecule has 0 spiro atoms. The molecule has 1 atom stereocenters. The van der Waals surface area contributed by atoms with E-state index < -0.39 is 5.60 Å². The molecule has 1 unspecified atom stereocenters. The maximum Gasteiger partial charge on any atom is 0.256 e. The molecule has 1 aromatic rings. The van der Waals surface area contributed by atoms with Gasteiger partial charge in [0.1, 0.15) is 11.4 Å². The van der Waals surface area contributed by atoms with Crippen LogP contribution in [0.2, 0.25) is 5.02 Å². The molecule has 1 aliphatic carbocycles. The Hall–Kier alpha value is -1.26. The summed E-state index contributed by atoms with van der Waals surface area (Å²) >= 11 is 6.06. The highest BCUT2D eigenvalue weighted by Gasteiger charge is 2.48. The first-order valence-electron chi connectivity index (χ1n) is 6.80. The van der Waals surface area contributed by atoms with E-state index in [-0.39, 0.29) is 5.91 Å². The zero-order valence-electron chi connectivity index (χ0n) is 12.0. The van der Waals surface area contributed by atoms with Crippen molar-refractivity contribution in [2.45, 2.75) is 32.3 Å². The Morgan fingerprint density at radius 2 is 2.20 bits per heavy atom. The molecular weight excluding hydrogens is 278 g/mol. The van der Waals surface area contributed by atoms with Crippen LogP contribution in [0.25, 0.3) is 0 Å². The molecule has 0 aromatic heterocycles. The smallest absolute Gasteiger partial charge is 0.256 e. The van der Waals surface area contributed by atoms with Crippen molar-refractivity contribution in [3.8, 4) is 5.75 Å². The molecule has 0 bridgehead atoms. The van der Waals surface area contributed by atoms with E-state index in [2.05, 4.69) is 5.32 Å². The summed E-state index contributed by atoms with van der Waals surface area (Å²) in [6.07, 6.45) is 2.07. The standard InChI is InChI=1S/C15H20ClNO3/c1-4-20-15(2,10-5-6-10)14(18)17-11-7-8-13(19-3)12(16)9-11/h7-10H,4-6H2,1-3H3,(H,17,18). The van der Waals surface area contributed by atoms with Crippen LogP contribution < -0.4 is 10.1 Å². The quantitative estimate of drug-likeness (QED) is 0.874. The van der Waals surface area contributed by atoms with Crippen LogP contribution in [0.3, 0.4) is 0 Å². The van der Waals surface area contributed by atoms with Gasteiger partial charge in [0.2, 0.25) is 0 Å². The van der Waals surface area contributed by atoms with Crippen molar-refractivity contribution in [1.82, 2.24) is 0 Å². The molecule has 0 saturated heterocycles. The highest BCUT2D eigenvalue weighted by Crippen LogP contribution is 2.42. The number of halogens is 1.